The molecule has 1 rings (SSSR count). The number of nitrogens with one attached hydrogen (secondary N) is 1. The molecule has 1 aliphatic carbocycles. The summed E-state index contributed by atoms with van der Waals surface area (Å²) in [6.07, 6.45) is 2.42. The van der Waals surface area contributed by atoms with Crippen LogP contribution < -0.4 is 5.32 Å². The Labute approximate surface area is 75.4 Å². The molecule has 2 nitrogen and oxygen atoms in total. The van der Waals surface area contributed by atoms with Gasteiger partial charge in [0.2, 0.25) is 0 Å². The highest BCUT2D eigenvalue weighted by molar-refractivity contribution is 4.96. The highest BCUT2D eigenvalue weighted by Crippen LogP contribution is 2.39. The van der Waals surface area contributed by atoms with E-state index in [1.165, 1.54) is 12.8 Å². The van der Waals surface area contributed by atoms with Crippen molar-refractivity contribution in [2.24, 2.45) is 5.92 Å². The third-order valence-electron chi connectivity index (χ3n) is 2.92. The summed E-state index contributed by atoms with van der Waals surface area (Å²) in [5.41, 5.74) is 0.205. The summed E-state index contributed by atoms with van der Waals surface area (Å²) < 4.78 is 0. The van der Waals surface area contributed by atoms with Crippen molar-refractivity contribution in [1.29, 1.82) is 0 Å². The van der Waals surface area contributed by atoms with Crippen molar-refractivity contribution in [2.45, 2.75) is 58.2 Å². The zero-order valence-corrected chi connectivity index (χ0v) is 8.59. The van der Waals surface area contributed by atoms with E-state index in [4.69, 9.17) is 0 Å². The van der Waals surface area contributed by atoms with Crippen molar-refractivity contribution in [3.63, 3.8) is 0 Å². The maximum atomic E-state index is 9.32. The van der Waals surface area contributed by atoms with Crippen molar-refractivity contribution in [3.05, 3.63) is 0 Å². The van der Waals surface area contributed by atoms with Crippen molar-refractivity contribution in [3.8, 4) is 0 Å². The van der Waals surface area contributed by atoms with Gasteiger partial charge >= 0.3 is 0 Å². The predicted molar refractivity (Wildman–Crippen MR) is 51.1 cm³/mol. The molecule has 0 bridgehead atoms. The first kappa shape index (κ1) is 10.0. The van der Waals surface area contributed by atoms with Crippen LogP contribution in [-0.4, -0.2) is 22.8 Å². The van der Waals surface area contributed by atoms with E-state index < -0.39 is 0 Å². The van der Waals surface area contributed by atoms with Gasteiger partial charge in [-0.25, -0.2) is 0 Å². The quantitative estimate of drug-likeness (QED) is 0.672. The molecule has 1 fully saturated rings. The first-order valence-corrected chi connectivity index (χ1v) is 4.89. The third kappa shape index (κ3) is 2.46. The molecule has 0 aliphatic heterocycles. The molecule has 0 aromatic carbocycles. The minimum Gasteiger partial charge on any atom is -0.392 e. The monoisotopic (exact) mass is 171 g/mol. The highest BCUT2D eigenvalue weighted by atomic mass is 16.3. The lowest BCUT2D eigenvalue weighted by molar-refractivity contribution is 0.129. The summed E-state index contributed by atoms with van der Waals surface area (Å²) in [7, 11) is 0. The Hall–Kier alpha value is -0.0800. The van der Waals surface area contributed by atoms with E-state index in [0.29, 0.717) is 0 Å². The number of aliphatic hydroxyl groups is 1. The van der Waals surface area contributed by atoms with E-state index in [9.17, 15) is 5.11 Å². The van der Waals surface area contributed by atoms with Gasteiger partial charge in [0.1, 0.15) is 0 Å². The second kappa shape index (κ2) is 3.35. The van der Waals surface area contributed by atoms with E-state index in [-0.39, 0.29) is 17.7 Å². The normalized spacial score (nSPS) is 23.8. The number of aliphatic hydroxyl groups excluding tert-OH is 1. The Balaban J connectivity index is 2.37. The molecule has 0 aromatic rings. The lowest BCUT2D eigenvalue weighted by Gasteiger charge is -2.31. The molecule has 0 saturated heterocycles. The zero-order valence-electron chi connectivity index (χ0n) is 8.59. The summed E-state index contributed by atoms with van der Waals surface area (Å²) in [4.78, 5) is 0. The molecule has 2 heteroatoms. The van der Waals surface area contributed by atoms with Crippen LogP contribution in [0.1, 0.15) is 40.5 Å². The molecule has 0 heterocycles. The van der Waals surface area contributed by atoms with Gasteiger partial charge in [-0.2, -0.15) is 0 Å². The van der Waals surface area contributed by atoms with Crippen molar-refractivity contribution >= 4 is 0 Å². The fraction of sp³-hybridized carbons (Fsp3) is 1.00. The van der Waals surface area contributed by atoms with Gasteiger partial charge < -0.3 is 10.4 Å². The summed E-state index contributed by atoms with van der Waals surface area (Å²) in [6, 6.07) is 0.195. The minimum absolute atomic E-state index is 0.195. The fourth-order valence-corrected chi connectivity index (χ4v) is 1.63. The first-order valence-electron chi connectivity index (χ1n) is 4.89. The van der Waals surface area contributed by atoms with Gasteiger partial charge in [0.05, 0.1) is 6.10 Å². The Morgan fingerprint density at radius 1 is 1.33 bits per heavy atom. The molecular formula is C10H21NO. The zero-order chi connectivity index (χ0) is 9.35. The first-order chi connectivity index (χ1) is 5.43. The SMILES string of the molecule is CC(O)C(C)NC(C)(C)C1CC1. The van der Waals surface area contributed by atoms with Crippen molar-refractivity contribution < 1.29 is 5.11 Å². The van der Waals surface area contributed by atoms with Gasteiger partial charge in [0.25, 0.3) is 0 Å². The summed E-state index contributed by atoms with van der Waals surface area (Å²) >= 11 is 0. The second-order valence-corrected chi connectivity index (χ2v) is 4.67. The van der Waals surface area contributed by atoms with Crippen LogP contribution in [0.4, 0.5) is 0 Å². The van der Waals surface area contributed by atoms with Crippen LogP contribution in [0, 0.1) is 5.92 Å². The van der Waals surface area contributed by atoms with Crippen LogP contribution in [0.25, 0.3) is 0 Å². The summed E-state index contributed by atoms with van der Waals surface area (Å²) in [6.45, 7) is 8.32. The van der Waals surface area contributed by atoms with E-state index >= 15 is 0 Å². The topological polar surface area (TPSA) is 32.3 Å². The van der Waals surface area contributed by atoms with Gasteiger partial charge in [0, 0.05) is 11.6 Å². The molecule has 0 radical (unpaired) electrons. The number of rotatable bonds is 4. The van der Waals surface area contributed by atoms with Crippen LogP contribution in [0.15, 0.2) is 0 Å². The van der Waals surface area contributed by atoms with Crippen LogP contribution in [0.5, 0.6) is 0 Å². The smallest absolute Gasteiger partial charge is 0.0662 e. The van der Waals surface area contributed by atoms with Gasteiger partial charge in [-0.1, -0.05) is 0 Å². The Kier molecular flexibility index (Phi) is 2.79. The molecule has 2 N–H and O–H groups in total. The van der Waals surface area contributed by atoms with Gasteiger partial charge in [-0.05, 0) is 46.5 Å². The molecular weight excluding hydrogens is 150 g/mol. The third-order valence-corrected chi connectivity index (χ3v) is 2.92. The number of hydrogen-bond acceptors (Lipinski definition) is 2. The lowest BCUT2D eigenvalue weighted by Crippen LogP contribution is -2.50. The Morgan fingerprint density at radius 3 is 2.17 bits per heavy atom. The number of hydrogen-bond donors (Lipinski definition) is 2. The maximum absolute atomic E-state index is 9.32. The average Bonchev–Trinajstić information content (AvgIpc) is 2.65. The largest absolute Gasteiger partial charge is 0.392 e. The standard InChI is InChI=1S/C10H21NO/c1-7(8(2)12)11-10(3,4)9-5-6-9/h7-9,11-12H,5-6H2,1-4H3. The Morgan fingerprint density at radius 2 is 1.83 bits per heavy atom. The summed E-state index contributed by atoms with van der Waals surface area (Å²) in [5, 5.41) is 12.8. The highest BCUT2D eigenvalue weighted by Gasteiger charge is 2.38. The molecule has 12 heavy (non-hydrogen) atoms. The van der Waals surface area contributed by atoms with E-state index in [1.807, 2.05) is 13.8 Å². The minimum atomic E-state index is -0.261. The molecule has 1 saturated carbocycles. The van der Waals surface area contributed by atoms with Gasteiger partial charge in [0.15, 0.2) is 0 Å². The fourth-order valence-electron chi connectivity index (χ4n) is 1.63. The molecule has 72 valence electrons. The van der Waals surface area contributed by atoms with Crippen LogP contribution in [0.2, 0.25) is 0 Å². The molecule has 0 spiro atoms. The van der Waals surface area contributed by atoms with Crippen molar-refractivity contribution in [1.82, 2.24) is 5.32 Å². The van der Waals surface area contributed by atoms with E-state index in [0.717, 1.165) is 5.92 Å². The average molecular weight is 171 g/mol. The van der Waals surface area contributed by atoms with Crippen molar-refractivity contribution in [2.75, 3.05) is 0 Å². The summed E-state index contributed by atoms with van der Waals surface area (Å²) in [5.74, 6) is 0.818. The molecule has 0 amide bonds. The van der Waals surface area contributed by atoms with Crippen LogP contribution >= 0.6 is 0 Å². The molecule has 2 unspecified atom stereocenters. The van der Waals surface area contributed by atoms with Gasteiger partial charge in [-0.3, -0.25) is 0 Å². The van der Waals surface area contributed by atoms with Gasteiger partial charge in [-0.15, -0.1) is 0 Å². The van der Waals surface area contributed by atoms with Crippen LogP contribution in [0.3, 0.4) is 0 Å². The predicted octanol–water partition coefficient (Wildman–Crippen LogP) is 1.53. The molecule has 1 aliphatic rings. The Bertz CT molecular complexity index is 150. The molecule has 2 atom stereocenters. The second-order valence-electron chi connectivity index (χ2n) is 4.67. The molecule has 0 aromatic heterocycles. The van der Waals surface area contributed by atoms with E-state index in [1.54, 1.807) is 0 Å². The maximum Gasteiger partial charge on any atom is 0.0662 e. The lowest BCUT2D eigenvalue weighted by atomic mass is 9.97. The van der Waals surface area contributed by atoms with E-state index in [2.05, 4.69) is 19.2 Å². The van der Waals surface area contributed by atoms with Crippen LogP contribution in [-0.2, 0) is 0 Å².